The fourth-order valence-electron chi connectivity index (χ4n) is 2.30. The Morgan fingerprint density at radius 1 is 1.28 bits per heavy atom. The molecule has 1 aliphatic heterocycles. The average molecular weight is 244 g/mol. The van der Waals surface area contributed by atoms with E-state index in [1.807, 2.05) is 6.92 Å². The second kappa shape index (κ2) is 5.38. The summed E-state index contributed by atoms with van der Waals surface area (Å²) < 4.78 is 5.06. The van der Waals surface area contributed by atoms with Crippen molar-refractivity contribution in [2.24, 2.45) is 0 Å². The molecule has 0 spiro atoms. The topological polar surface area (TPSA) is 26.3 Å². The van der Waals surface area contributed by atoms with Gasteiger partial charge in [0.15, 0.2) is 0 Å². The first-order valence-corrected chi connectivity index (χ1v) is 6.64. The van der Waals surface area contributed by atoms with E-state index in [1.165, 1.54) is 11.1 Å². The highest BCUT2D eigenvalue weighted by molar-refractivity contribution is 6.03. The highest BCUT2D eigenvalue weighted by atomic mass is 16.6. The van der Waals surface area contributed by atoms with Gasteiger partial charge in [-0.2, -0.15) is 0 Å². The van der Waals surface area contributed by atoms with E-state index >= 15 is 0 Å². The van der Waals surface area contributed by atoms with Gasteiger partial charge in [0.05, 0.1) is 5.57 Å². The molecule has 1 heterocycles. The molecule has 0 aromatic heterocycles. The minimum Gasteiger partial charge on any atom is -0.454 e. The van der Waals surface area contributed by atoms with E-state index in [2.05, 4.69) is 38.1 Å². The summed E-state index contributed by atoms with van der Waals surface area (Å²) in [7, 11) is 0. The van der Waals surface area contributed by atoms with Crippen LogP contribution in [-0.2, 0) is 9.53 Å². The van der Waals surface area contributed by atoms with Crippen molar-refractivity contribution in [3.63, 3.8) is 0 Å². The largest absolute Gasteiger partial charge is 0.454 e. The Morgan fingerprint density at radius 2 is 1.94 bits per heavy atom. The van der Waals surface area contributed by atoms with Crippen molar-refractivity contribution >= 4 is 11.5 Å². The van der Waals surface area contributed by atoms with E-state index in [0.29, 0.717) is 0 Å². The number of unbranched alkanes of at least 4 members (excludes halogenated alkanes) is 1. The van der Waals surface area contributed by atoms with Crippen molar-refractivity contribution in [3.05, 3.63) is 41.0 Å². The Hall–Kier alpha value is -1.57. The zero-order valence-electron chi connectivity index (χ0n) is 11.3. The maximum Gasteiger partial charge on any atom is 0.338 e. The van der Waals surface area contributed by atoms with Crippen LogP contribution in [-0.4, -0.2) is 12.1 Å². The summed E-state index contributed by atoms with van der Waals surface area (Å²) in [6, 6.07) is 8.39. The molecule has 0 N–H and O–H groups in total. The smallest absolute Gasteiger partial charge is 0.338 e. The third-order valence-corrected chi connectivity index (χ3v) is 3.42. The lowest BCUT2D eigenvalue weighted by Gasteiger charge is -2.29. The number of esters is 1. The molecule has 1 saturated heterocycles. The summed E-state index contributed by atoms with van der Waals surface area (Å²) in [6.07, 6.45) is 3.14. The average Bonchev–Trinajstić information content (AvgIpc) is 2.35. The minimum absolute atomic E-state index is 0.0503. The first-order valence-electron chi connectivity index (χ1n) is 6.64. The van der Waals surface area contributed by atoms with Crippen molar-refractivity contribution in [2.45, 2.75) is 46.1 Å². The highest BCUT2D eigenvalue weighted by Gasteiger charge is 2.35. The Morgan fingerprint density at radius 3 is 2.44 bits per heavy atom. The van der Waals surface area contributed by atoms with Gasteiger partial charge in [0, 0.05) is 0 Å². The quantitative estimate of drug-likeness (QED) is 0.593. The number of ether oxygens (including phenoxy) is 1. The van der Waals surface area contributed by atoms with Crippen LogP contribution >= 0.6 is 0 Å². The number of carbonyl (C=O) groups is 1. The number of allylic oxidation sites excluding steroid dienone is 1. The molecule has 0 amide bonds. The van der Waals surface area contributed by atoms with Crippen LogP contribution in [0.25, 0.3) is 5.57 Å². The van der Waals surface area contributed by atoms with Crippen molar-refractivity contribution in [3.8, 4) is 0 Å². The van der Waals surface area contributed by atoms with Gasteiger partial charge in [0.25, 0.3) is 0 Å². The summed E-state index contributed by atoms with van der Waals surface area (Å²) in [5.41, 5.74) is 4.43. The van der Waals surface area contributed by atoms with Crippen LogP contribution in [0.5, 0.6) is 0 Å². The fourth-order valence-corrected chi connectivity index (χ4v) is 2.30. The van der Waals surface area contributed by atoms with Gasteiger partial charge in [-0.15, -0.1) is 0 Å². The number of rotatable bonds is 4. The third-order valence-electron chi connectivity index (χ3n) is 3.42. The second-order valence-electron chi connectivity index (χ2n) is 4.91. The van der Waals surface area contributed by atoms with Crippen molar-refractivity contribution in [1.82, 2.24) is 0 Å². The Balaban J connectivity index is 2.36. The van der Waals surface area contributed by atoms with Crippen LogP contribution in [0.3, 0.4) is 0 Å². The predicted octanol–water partition coefficient (Wildman–Crippen LogP) is 3.88. The van der Waals surface area contributed by atoms with Crippen molar-refractivity contribution < 1.29 is 9.53 Å². The summed E-state index contributed by atoms with van der Waals surface area (Å²) in [5, 5.41) is 0. The van der Waals surface area contributed by atoms with Gasteiger partial charge in [-0.1, -0.05) is 43.2 Å². The number of hydrogen-bond donors (Lipinski definition) is 0. The molecule has 1 fully saturated rings. The zero-order chi connectivity index (χ0) is 13.1. The van der Waals surface area contributed by atoms with Crippen LogP contribution < -0.4 is 0 Å². The zero-order valence-corrected chi connectivity index (χ0v) is 11.3. The monoisotopic (exact) mass is 244 g/mol. The molecular formula is C16H20O2. The number of aryl methyl sites for hydroxylation is 1. The second-order valence-corrected chi connectivity index (χ2v) is 4.91. The summed E-state index contributed by atoms with van der Waals surface area (Å²) in [6.45, 7) is 6.18. The van der Waals surface area contributed by atoms with Gasteiger partial charge >= 0.3 is 5.97 Å². The molecule has 2 rings (SSSR count). The fraction of sp³-hybridized carbons (Fsp3) is 0.438. The Bertz CT molecular complexity index is 468. The molecule has 1 atom stereocenters. The van der Waals surface area contributed by atoms with E-state index in [-0.39, 0.29) is 12.1 Å². The molecule has 2 nitrogen and oxygen atoms in total. The first kappa shape index (κ1) is 12.9. The molecule has 0 bridgehead atoms. The predicted molar refractivity (Wildman–Crippen MR) is 73.2 cm³/mol. The standard InChI is InChI=1S/C16H20O2/c1-4-5-6-14(15-12(3)18-16(15)17)13-9-7-11(2)8-10-13/h7-10,12H,4-6H2,1-3H3/b15-14-/t12-/m0/s1. The van der Waals surface area contributed by atoms with Gasteiger partial charge in [0.1, 0.15) is 6.10 Å². The number of benzene rings is 1. The Labute approximate surface area is 109 Å². The lowest BCUT2D eigenvalue weighted by atomic mass is 9.90. The molecule has 1 aliphatic rings. The van der Waals surface area contributed by atoms with E-state index in [0.717, 1.165) is 30.4 Å². The molecule has 96 valence electrons. The van der Waals surface area contributed by atoms with E-state index in [9.17, 15) is 4.79 Å². The molecule has 0 saturated carbocycles. The summed E-state index contributed by atoms with van der Waals surface area (Å²) in [4.78, 5) is 11.6. The summed E-state index contributed by atoms with van der Waals surface area (Å²) in [5.74, 6) is -0.144. The lowest BCUT2D eigenvalue weighted by Crippen LogP contribution is -2.35. The molecule has 18 heavy (non-hydrogen) atoms. The number of cyclic esters (lactones) is 1. The lowest BCUT2D eigenvalue weighted by molar-refractivity contribution is -0.154. The number of hydrogen-bond acceptors (Lipinski definition) is 2. The van der Waals surface area contributed by atoms with Crippen LogP contribution in [0.1, 0.15) is 44.2 Å². The third kappa shape index (κ3) is 2.47. The van der Waals surface area contributed by atoms with Gasteiger partial charge in [-0.25, -0.2) is 4.79 Å². The molecule has 0 radical (unpaired) electrons. The first-order chi connectivity index (χ1) is 8.63. The molecule has 1 aromatic carbocycles. The normalized spacial score (nSPS) is 21.3. The maximum absolute atomic E-state index is 11.6. The molecule has 0 aliphatic carbocycles. The van der Waals surface area contributed by atoms with Crippen LogP contribution in [0.4, 0.5) is 0 Å². The van der Waals surface area contributed by atoms with E-state index < -0.39 is 0 Å². The van der Waals surface area contributed by atoms with Crippen LogP contribution in [0.15, 0.2) is 29.8 Å². The minimum atomic E-state index is -0.144. The van der Waals surface area contributed by atoms with E-state index in [1.54, 1.807) is 0 Å². The van der Waals surface area contributed by atoms with Crippen molar-refractivity contribution in [2.75, 3.05) is 0 Å². The molecule has 1 aromatic rings. The molecule has 2 heteroatoms. The molecular weight excluding hydrogens is 224 g/mol. The van der Waals surface area contributed by atoms with Gasteiger partial charge < -0.3 is 4.74 Å². The highest BCUT2D eigenvalue weighted by Crippen LogP contribution is 2.33. The SMILES string of the molecule is CCCC/C(=C1/C(=O)O[C@H]1C)c1ccc(C)cc1. The summed E-state index contributed by atoms with van der Waals surface area (Å²) >= 11 is 0. The van der Waals surface area contributed by atoms with Gasteiger partial charge in [0.2, 0.25) is 0 Å². The van der Waals surface area contributed by atoms with Crippen molar-refractivity contribution in [1.29, 1.82) is 0 Å². The number of carbonyl (C=O) groups excluding carboxylic acids is 1. The van der Waals surface area contributed by atoms with E-state index in [4.69, 9.17) is 4.74 Å². The maximum atomic E-state index is 11.6. The Kier molecular flexibility index (Phi) is 3.85. The van der Waals surface area contributed by atoms with Gasteiger partial charge in [-0.05, 0) is 37.8 Å². The van der Waals surface area contributed by atoms with Crippen LogP contribution in [0, 0.1) is 6.92 Å². The van der Waals surface area contributed by atoms with Gasteiger partial charge in [-0.3, -0.25) is 0 Å². The molecule has 0 unspecified atom stereocenters. The van der Waals surface area contributed by atoms with Crippen LogP contribution in [0.2, 0.25) is 0 Å².